The van der Waals surface area contributed by atoms with E-state index in [1.165, 1.54) is 0 Å². The van der Waals surface area contributed by atoms with Gasteiger partial charge in [0.05, 0.1) is 30.4 Å². The highest BCUT2D eigenvalue weighted by Crippen LogP contribution is 2.38. The van der Waals surface area contributed by atoms with Crippen LogP contribution in [-0.4, -0.2) is 41.9 Å². The first kappa shape index (κ1) is 19.6. The Morgan fingerprint density at radius 1 is 1.13 bits per heavy atom. The van der Waals surface area contributed by atoms with Gasteiger partial charge in [0.1, 0.15) is 29.1 Å². The van der Waals surface area contributed by atoms with E-state index in [0.29, 0.717) is 41.7 Å². The molecular weight excluding hydrogens is 407 g/mol. The van der Waals surface area contributed by atoms with Crippen molar-refractivity contribution in [3.8, 4) is 0 Å². The fourth-order valence-electron chi connectivity index (χ4n) is 4.03. The molecule has 2 aliphatic rings. The van der Waals surface area contributed by atoms with Crippen LogP contribution in [0.1, 0.15) is 24.4 Å². The summed E-state index contributed by atoms with van der Waals surface area (Å²) in [5, 5.41) is 3.13. The van der Waals surface area contributed by atoms with Gasteiger partial charge >= 0.3 is 0 Å². The van der Waals surface area contributed by atoms with Crippen LogP contribution in [-0.2, 0) is 4.74 Å². The average Bonchev–Trinajstić information content (AvgIpc) is 3.17. The normalized spacial score (nSPS) is 21.1. The van der Waals surface area contributed by atoms with Gasteiger partial charge in [-0.15, -0.1) is 0 Å². The summed E-state index contributed by atoms with van der Waals surface area (Å²) >= 11 is 0. The van der Waals surface area contributed by atoms with Gasteiger partial charge in [-0.3, -0.25) is 4.98 Å². The quantitative estimate of drug-likeness (QED) is 0.672. The predicted octanol–water partition coefficient (Wildman–Crippen LogP) is 4.39. The number of nitrogens with one attached hydrogen (secondary N) is 1. The first-order chi connectivity index (χ1) is 15.1. The molecule has 0 spiro atoms. The van der Waals surface area contributed by atoms with Crippen molar-refractivity contribution in [3.63, 3.8) is 0 Å². The molecule has 1 fully saturated rings. The number of amidine groups is 1. The Balaban J connectivity index is 1.53. The molecule has 9 heteroatoms. The molecule has 2 aliphatic heterocycles. The third-order valence-electron chi connectivity index (χ3n) is 5.47. The Labute approximate surface area is 176 Å². The topological polar surface area (TPSA) is 62.6 Å². The second-order valence-electron chi connectivity index (χ2n) is 7.58. The molecule has 1 aromatic carbocycles. The summed E-state index contributed by atoms with van der Waals surface area (Å²) in [6.07, 6.45) is 1.39. The van der Waals surface area contributed by atoms with E-state index >= 15 is 0 Å². The molecule has 5 rings (SSSR count). The highest BCUT2D eigenvalue weighted by Gasteiger charge is 2.36. The molecule has 160 valence electrons. The maximum Gasteiger partial charge on any atom is 0.289 e. The van der Waals surface area contributed by atoms with Crippen LogP contribution in [0.25, 0.3) is 11.0 Å². The third kappa shape index (κ3) is 3.87. The molecule has 6 nitrogen and oxygen atoms in total. The summed E-state index contributed by atoms with van der Waals surface area (Å²) in [5.41, 5.74) is 1.96. The molecule has 0 radical (unpaired) electrons. The summed E-state index contributed by atoms with van der Waals surface area (Å²) < 4.78 is 48.1. The zero-order valence-electron chi connectivity index (χ0n) is 16.6. The molecule has 1 N–H and O–H groups in total. The lowest BCUT2D eigenvalue weighted by atomic mass is 10.0. The number of nitrogens with zero attached hydrogens (tertiary/aromatic N) is 4. The van der Waals surface area contributed by atoms with E-state index in [2.05, 4.69) is 15.3 Å². The summed E-state index contributed by atoms with van der Waals surface area (Å²) in [6.45, 7) is 1.30. The molecule has 0 unspecified atom stereocenters. The Kier molecular flexibility index (Phi) is 5.09. The third-order valence-corrected chi connectivity index (χ3v) is 5.47. The molecule has 2 atom stereocenters. The van der Waals surface area contributed by atoms with Crippen molar-refractivity contribution in [2.45, 2.75) is 25.1 Å². The first-order valence-corrected chi connectivity index (χ1v) is 10.1. The van der Waals surface area contributed by atoms with Crippen molar-refractivity contribution >= 4 is 28.6 Å². The van der Waals surface area contributed by atoms with Gasteiger partial charge in [0.2, 0.25) is 0 Å². The molecule has 0 amide bonds. The molecule has 4 heterocycles. The smallest absolute Gasteiger partial charge is 0.289 e. The maximum absolute atomic E-state index is 14.4. The number of benzene rings is 1. The monoisotopic (exact) mass is 427 g/mol. The molecule has 31 heavy (non-hydrogen) atoms. The van der Waals surface area contributed by atoms with Crippen LogP contribution in [0.15, 0.2) is 47.6 Å². The predicted molar refractivity (Wildman–Crippen MR) is 112 cm³/mol. The second kappa shape index (κ2) is 8.05. The maximum atomic E-state index is 14.4. The standard InChI is InChI=1S/C22H20F3N5O/c23-13-2-3-16(25)15(10-13)19-11-14(24)12-30(19)20-5-4-17-21(29-20)18(6-8-26-17)28-22-27-7-1-9-31-22/h2-6,8,10,14,19H,1,7,9,11-12H2,(H,26,27,28)/t14-,19+/m0/s1. The van der Waals surface area contributed by atoms with Crippen molar-refractivity contribution in [2.75, 3.05) is 29.9 Å². The van der Waals surface area contributed by atoms with Crippen LogP contribution in [0.5, 0.6) is 0 Å². The van der Waals surface area contributed by atoms with Crippen LogP contribution in [0.4, 0.5) is 24.7 Å². The molecule has 0 bridgehead atoms. The Morgan fingerprint density at radius 3 is 2.87 bits per heavy atom. The number of aromatic nitrogens is 2. The van der Waals surface area contributed by atoms with E-state index in [4.69, 9.17) is 9.72 Å². The summed E-state index contributed by atoms with van der Waals surface area (Å²) in [6, 6.07) is 8.25. The fourth-order valence-corrected chi connectivity index (χ4v) is 4.03. The summed E-state index contributed by atoms with van der Waals surface area (Å²) in [4.78, 5) is 15.0. The van der Waals surface area contributed by atoms with Gasteiger partial charge in [-0.25, -0.2) is 23.1 Å². The van der Waals surface area contributed by atoms with Crippen molar-refractivity contribution in [1.29, 1.82) is 0 Å². The largest absolute Gasteiger partial charge is 0.465 e. The summed E-state index contributed by atoms with van der Waals surface area (Å²) in [5.74, 6) is -0.666. The Morgan fingerprint density at radius 2 is 2.03 bits per heavy atom. The number of hydrogen-bond acceptors (Lipinski definition) is 6. The number of hydrogen-bond donors (Lipinski definition) is 1. The van der Waals surface area contributed by atoms with Crippen LogP contribution >= 0.6 is 0 Å². The first-order valence-electron chi connectivity index (χ1n) is 10.1. The minimum Gasteiger partial charge on any atom is -0.465 e. The van der Waals surface area contributed by atoms with Gasteiger partial charge in [-0.05, 0) is 36.4 Å². The second-order valence-corrected chi connectivity index (χ2v) is 7.58. The van der Waals surface area contributed by atoms with Gasteiger partial charge in [-0.2, -0.15) is 0 Å². The average molecular weight is 427 g/mol. The molecule has 0 aliphatic carbocycles. The van der Waals surface area contributed by atoms with Crippen molar-refractivity contribution in [2.24, 2.45) is 4.99 Å². The molecule has 1 saturated heterocycles. The van der Waals surface area contributed by atoms with Gasteiger partial charge in [0.25, 0.3) is 6.02 Å². The van der Waals surface area contributed by atoms with E-state index in [-0.39, 0.29) is 18.5 Å². The van der Waals surface area contributed by atoms with Crippen LogP contribution in [0.3, 0.4) is 0 Å². The zero-order chi connectivity index (χ0) is 21.4. The van der Waals surface area contributed by atoms with Crippen LogP contribution < -0.4 is 10.2 Å². The lowest BCUT2D eigenvalue weighted by Crippen LogP contribution is -2.25. The molecule has 0 saturated carbocycles. The fraction of sp³-hybridized carbons (Fsp3) is 0.318. The Bertz CT molecular complexity index is 1160. The minimum atomic E-state index is -1.18. The number of halogens is 3. The van der Waals surface area contributed by atoms with E-state index < -0.39 is 23.8 Å². The van der Waals surface area contributed by atoms with Gasteiger partial charge in [0, 0.05) is 31.1 Å². The molecular formula is C22H20F3N5O. The van der Waals surface area contributed by atoms with Crippen LogP contribution in [0.2, 0.25) is 0 Å². The number of alkyl halides is 1. The van der Waals surface area contributed by atoms with E-state index in [9.17, 15) is 13.2 Å². The highest BCUT2D eigenvalue weighted by atomic mass is 19.1. The zero-order valence-corrected chi connectivity index (χ0v) is 16.6. The number of anilines is 2. The van der Waals surface area contributed by atoms with Gasteiger partial charge in [0.15, 0.2) is 0 Å². The highest BCUT2D eigenvalue weighted by molar-refractivity contribution is 5.98. The number of pyridine rings is 2. The number of ether oxygens (including phenoxy) is 1. The van der Waals surface area contributed by atoms with E-state index in [1.54, 1.807) is 29.3 Å². The van der Waals surface area contributed by atoms with Gasteiger partial charge in [-0.1, -0.05) is 0 Å². The van der Waals surface area contributed by atoms with Crippen molar-refractivity contribution in [3.05, 3.63) is 59.8 Å². The SMILES string of the molecule is Fc1ccc(F)c([C@H]2C[C@H](F)CN2c2ccc3nccc(NC4=NCCCO4)c3n2)c1. The minimum absolute atomic E-state index is 0.0397. The number of rotatable bonds is 3. The summed E-state index contributed by atoms with van der Waals surface area (Å²) in [7, 11) is 0. The van der Waals surface area contributed by atoms with Crippen LogP contribution in [0, 0.1) is 11.6 Å². The molecule has 3 aromatic rings. The lowest BCUT2D eigenvalue weighted by Gasteiger charge is -2.26. The van der Waals surface area contributed by atoms with E-state index in [0.717, 1.165) is 24.6 Å². The number of aliphatic imine (C=N–C) groups is 1. The van der Waals surface area contributed by atoms with Crippen molar-refractivity contribution < 1.29 is 17.9 Å². The van der Waals surface area contributed by atoms with E-state index in [1.807, 2.05) is 0 Å². The van der Waals surface area contributed by atoms with Gasteiger partial charge < -0.3 is 15.0 Å². The lowest BCUT2D eigenvalue weighted by molar-refractivity contribution is 0.282. The molecule has 2 aromatic heterocycles. The number of fused-ring (bicyclic) bond motifs is 1. The van der Waals surface area contributed by atoms with Crippen molar-refractivity contribution in [1.82, 2.24) is 9.97 Å². The Hall–Kier alpha value is -3.36.